The highest BCUT2D eigenvalue weighted by atomic mass is 79.9. The average molecular weight is 376 g/mol. The molecule has 1 fully saturated rings. The Bertz CT molecular complexity index is 902. The van der Waals surface area contributed by atoms with Crippen LogP contribution >= 0.6 is 15.9 Å². The maximum atomic E-state index is 11.5. The van der Waals surface area contributed by atoms with E-state index in [1.807, 2.05) is 19.1 Å². The van der Waals surface area contributed by atoms with E-state index in [0.717, 1.165) is 21.1 Å². The normalized spacial score (nSPS) is 21.0. The number of hydrogen-bond donors (Lipinski definition) is 2. The van der Waals surface area contributed by atoms with E-state index in [2.05, 4.69) is 41.4 Å². The van der Waals surface area contributed by atoms with Crippen LogP contribution in [0.5, 0.6) is 0 Å². The lowest BCUT2D eigenvalue weighted by atomic mass is 10.00. The molecule has 2 aromatic heterocycles. The van der Waals surface area contributed by atoms with Gasteiger partial charge in [0.2, 0.25) is 11.8 Å². The van der Waals surface area contributed by atoms with Gasteiger partial charge in [0, 0.05) is 10.9 Å². The van der Waals surface area contributed by atoms with Crippen LogP contribution in [-0.2, 0) is 16.8 Å². The van der Waals surface area contributed by atoms with Crippen molar-refractivity contribution in [2.45, 2.75) is 31.7 Å². The fourth-order valence-electron chi connectivity index (χ4n) is 2.81. The number of aromatic amines is 1. The number of fused-ring (bicyclic) bond motifs is 1. The lowest BCUT2D eigenvalue weighted by Crippen LogP contribution is -2.36. The van der Waals surface area contributed by atoms with E-state index < -0.39 is 5.54 Å². The molecular formula is C15H14BrN5O2. The minimum atomic E-state index is -0.538. The van der Waals surface area contributed by atoms with Gasteiger partial charge in [-0.2, -0.15) is 4.98 Å². The summed E-state index contributed by atoms with van der Waals surface area (Å²) in [5.74, 6) is 1.06. The summed E-state index contributed by atoms with van der Waals surface area (Å²) in [7, 11) is 0. The predicted molar refractivity (Wildman–Crippen MR) is 85.6 cm³/mol. The third kappa shape index (κ3) is 2.52. The van der Waals surface area contributed by atoms with Crippen molar-refractivity contribution in [2.75, 3.05) is 0 Å². The summed E-state index contributed by atoms with van der Waals surface area (Å²) in [5.41, 5.74) is 2.34. The summed E-state index contributed by atoms with van der Waals surface area (Å²) in [6.07, 6.45) is 3.33. The molecule has 2 N–H and O–H groups in total. The maximum Gasteiger partial charge on any atom is 0.231 e. The molecule has 1 aromatic carbocycles. The van der Waals surface area contributed by atoms with Gasteiger partial charge >= 0.3 is 0 Å². The molecule has 1 atom stereocenters. The van der Waals surface area contributed by atoms with Crippen LogP contribution < -0.4 is 5.32 Å². The Morgan fingerprint density at radius 3 is 3.09 bits per heavy atom. The number of aromatic nitrogens is 4. The maximum absolute atomic E-state index is 11.5. The van der Waals surface area contributed by atoms with Crippen LogP contribution in [0.4, 0.5) is 0 Å². The van der Waals surface area contributed by atoms with E-state index in [9.17, 15) is 4.79 Å². The largest absolute Gasteiger partial charge is 0.345 e. The van der Waals surface area contributed by atoms with E-state index in [1.165, 1.54) is 0 Å². The van der Waals surface area contributed by atoms with Crippen molar-refractivity contribution in [3.8, 4) is 0 Å². The SMILES string of the molecule is CC1(c2noc(Cc3cc4[nH]cnc4cc3Br)n2)CCC(=O)N1. The number of nitrogens with one attached hydrogen (secondary N) is 2. The zero-order valence-electron chi connectivity index (χ0n) is 12.4. The number of carbonyl (C=O) groups excluding carboxylic acids is 1. The molecule has 23 heavy (non-hydrogen) atoms. The molecule has 1 aliphatic rings. The Kier molecular flexibility index (Phi) is 3.22. The molecule has 4 rings (SSSR count). The van der Waals surface area contributed by atoms with E-state index in [1.54, 1.807) is 6.33 Å². The van der Waals surface area contributed by atoms with Crippen molar-refractivity contribution >= 4 is 32.9 Å². The van der Waals surface area contributed by atoms with Crippen LogP contribution in [0.25, 0.3) is 11.0 Å². The van der Waals surface area contributed by atoms with Crippen molar-refractivity contribution in [1.82, 2.24) is 25.4 Å². The lowest BCUT2D eigenvalue weighted by Gasteiger charge is -2.18. The van der Waals surface area contributed by atoms with Gasteiger partial charge in [0.15, 0.2) is 5.82 Å². The van der Waals surface area contributed by atoms with Crippen LogP contribution in [0.15, 0.2) is 27.5 Å². The monoisotopic (exact) mass is 375 g/mol. The van der Waals surface area contributed by atoms with Crippen LogP contribution in [0.1, 0.15) is 37.0 Å². The van der Waals surface area contributed by atoms with Crippen LogP contribution in [-0.4, -0.2) is 26.0 Å². The van der Waals surface area contributed by atoms with Crippen LogP contribution in [0.3, 0.4) is 0 Å². The van der Waals surface area contributed by atoms with Gasteiger partial charge in [0.1, 0.15) is 5.54 Å². The number of rotatable bonds is 3. The molecule has 1 amide bonds. The van der Waals surface area contributed by atoms with E-state index >= 15 is 0 Å². The smallest absolute Gasteiger partial charge is 0.231 e. The number of imidazole rings is 1. The molecule has 0 radical (unpaired) electrons. The summed E-state index contributed by atoms with van der Waals surface area (Å²) >= 11 is 3.55. The highest BCUT2D eigenvalue weighted by Crippen LogP contribution is 2.30. The summed E-state index contributed by atoms with van der Waals surface area (Å²) in [4.78, 5) is 23.2. The van der Waals surface area contributed by atoms with Crippen LogP contribution in [0, 0.1) is 0 Å². The van der Waals surface area contributed by atoms with Crippen molar-refractivity contribution in [2.24, 2.45) is 0 Å². The molecule has 1 aliphatic heterocycles. The molecule has 118 valence electrons. The second-order valence-electron chi connectivity index (χ2n) is 5.93. The van der Waals surface area contributed by atoms with E-state index in [0.29, 0.717) is 31.0 Å². The third-order valence-electron chi connectivity index (χ3n) is 4.16. The Morgan fingerprint density at radius 2 is 2.30 bits per heavy atom. The second-order valence-corrected chi connectivity index (χ2v) is 6.79. The molecule has 0 spiro atoms. The highest BCUT2D eigenvalue weighted by molar-refractivity contribution is 9.10. The molecule has 1 unspecified atom stereocenters. The van der Waals surface area contributed by atoms with E-state index in [4.69, 9.17) is 4.52 Å². The minimum Gasteiger partial charge on any atom is -0.345 e. The van der Waals surface area contributed by atoms with Crippen molar-refractivity contribution in [1.29, 1.82) is 0 Å². The Balaban J connectivity index is 1.61. The number of amides is 1. The van der Waals surface area contributed by atoms with Crippen molar-refractivity contribution in [3.05, 3.63) is 40.2 Å². The molecule has 3 heterocycles. The fourth-order valence-corrected chi connectivity index (χ4v) is 3.29. The predicted octanol–water partition coefficient (Wildman–Crippen LogP) is 2.42. The van der Waals surface area contributed by atoms with Gasteiger partial charge in [-0.1, -0.05) is 21.1 Å². The molecule has 7 nitrogen and oxygen atoms in total. The fraction of sp³-hybridized carbons (Fsp3) is 0.333. The molecule has 0 bridgehead atoms. The van der Waals surface area contributed by atoms with Crippen LogP contribution in [0.2, 0.25) is 0 Å². The van der Waals surface area contributed by atoms with Gasteiger partial charge in [0.25, 0.3) is 0 Å². The van der Waals surface area contributed by atoms with Gasteiger partial charge in [-0.05, 0) is 31.0 Å². The number of benzene rings is 1. The lowest BCUT2D eigenvalue weighted by molar-refractivity contribution is -0.119. The van der Waals surface area contributed by atoms with Gasteiger partial charge < -0.3 is 14.8 Å². The van der Waals surface area contributed by atoms with Gasteiger partial charge in [-0.3, -0.25) is 4.79 Å². The number of halogens is 1. The Labute approximate surface area is 140 Å². The topological polar surface area (TPSA) is 96.7 Å². The summed E-state index contributed by atoms with van der Waals surface area (Å²) in [6, 6.07) is 3.96. The van der Waals surface area contributed by atoms with Crippen molar-refractivity contribution in [3.63, 3.8) is 0 Å². The molecular weight excluding hydrogens is 362 g/mol. The highest BCUT2D eigenvalue weighted by Gasteiger charge is 2.38. The number of nitrogens with zero attached hydrogens (tertiary/aromatic N) is 3. The Hall–Kier alpha value is -2.22. The number of carbonyl (C=O) groups is 1. The molecule has 1 saturated heterocycles. The van der Waals surface area contributed by atoms with Gasteiger partial charge in [-0.15, -0.1) is 0 Å². The summed E-state index contributed by atoms with van der Waals surface area (Å²) < 4.78 is 6.31. The molecule has 0 saturated carbocycles. The average Bonchev–Trinajstić information content (AvgIpc) is 3.21. The number of hydrogen-bond acceptors (Lipinski definition) is 5. The standard InChI is InChI=1S/C15H14BrN5O2/c1-15(3-2-12(22)20-15)14-19-13(23-21-14)5-8-4-10-11(6-9(8)16)18-7-17-10/h4,6-7H,2-3,5H2,1H3,(H,17,18)(H,20,22). The second kappa shape index (κ2) is 5.16. The minimum absolute atomic E-state index is 0.0197. The Morgan fingerprint density at radius 1 is 1.43 bits per heavy atom. The number of H-pyrrole nitrogens is 1. The zero-order valence-corrected chi connectivity index (χ0v) is 14.0. The first-order valence-corrected chi connectivity index (χ1v) is 8.08. The van der Waals surface area contributed by atoms with Gasteiger partial charge in [-0.25, -0.2) is 4.98 Å². The first kappa shape index (κ1) is 14.4. The van der Waals surface area contributed by atoms with E-state index in [-0.39, 0.29) is 5.91 Å². The molecule has 0 aliphatic carbocycles. The first-order valence-electron chi connectivity index (χ1n) is 7.29. The molecule has 8 heteroatoms. The molecule has 3 aromatic rings. The summed E-state index contributed by atoms with van der Waals surface area (Å²) in [5, 5.41) is 6.96. The summed E-state index contributed by atoms with van der Waals surface area (Å²) in [6.45, 7) is 1.92. The quantitative estimate of drug-likeness (QED) is 0.732. The van der Waals surface area contributed by atoms with Crippen molar-refractivity contribution < 1.29 is 9.32 Å². The third-order valence-corrected chi connectivity index (χ3v) is 4.90. The zero-order chi connectivity index (χ0) is 16.0. The van der Waals surface area contributed by atoms with Gasteiger partial charge in [0.05, 0.1) is 23.8 Å². The first-order chi connectivity index (χ1) is 11.0.